The Morgan fingerprint density at radius 1 is 1.50 bits per heavy atom. The van der Waals surface area contributed by atoms with Crippen LogP contribution in [0.2, 0.25) is 5.02 Å². The second kappa shape index (κ2) is 5.90. The SMILES string of the molecule is CC(C)n1ncc(Cl)c1C(O)COCC(F)(F)F. The van der Waals surface area contributed by atoms with E-state index in [1.165, 1.54) is 10.9 Å². The number of hydrogen-bond donors (Lipinski definition) is 1. The largest absolute Gasteiger partial charge is 0.411 e. The number of aliphatic hydroxyl groups is 1. The quantitative estimate of drug-likeness (QED) is 0.905. The van der Waals surface area contributed by atoms with Crippen molar-refractivity contribution in [3.05, 3.63) is 16.9 Å². The smallest absolute Gasteiger partial charge is 0.384 e. The number of aromatic nitrogens is 2. The molecule has 0 aromatic carbocycles. The highest BCUT2D eigenvalue weighted by Gasteiger charge is 2.28. The van der Waals surface area contributed by atoms with E-state index in [1.54, 1.807) is 0 Å². The van der Waals surface area contributed by atoms with Gasteiger partial charge in [0.05, 0.1) is 23.5 Å². The fourth-order valence-electron chi connectivity index (χ4n) is 1.44. The summed E-state index contributed by atoms with van der Waals surface area (Å²) in [4.78, 5) is 0. The van der Waals surface area contributed by atoms with Crippen LogP contribution in [0.1, 0.15) is 31.7 Å². The molecule has 0 fully saturated rings. The van der Waals surface area contributed by atoms with E-state index in [-0.39, 0.29) is 16.8 Å². The summed E-state index contributed by atoms with van der Waals surface area (Å²) in [6.45, 7) is 1.74. The van der Waals surface area contributed by atoms with Gasteiger partial charge < -0.3 is 9.84 Å². The van der Waals surface area contributed by atoms with Gasteiger partial charge in [0, 0.05) is 6.04 Å². The lowest BCUT2D eigenvalue weighted by Gasteiger charge is -2.17. The highest BCUT2D eigenvalue weighted by Crippen LogP contribution is 2.26. The zero-order valence-electron chi connectivity index (χ0n) is 9.91. The average molecular weight is 287 g/mol. The molecule has 0 aliphatic rings. The Balaban J connectivity index is 2.66. The van der Waals surface area contributed by atoms with Crippen LogP contribution in [0, 0.1) is 0 Å². The highest BCUT2D eigenvalue weighted by molar-refractivity contribution is 6.31. The molecule has 1 atom stereocenters. The summed E-state index contributed by atoms with van der Waals surface area (Å²) in [6.07, 6.45) is -4.32. The minimum atomic E-state index is -4.41. The van der Waals surface area contributed by atoms with Gasteiger partial charge in [-0.3, -0.25) is 4.68 Å². The van der Waals surface area contributed by atoms with E-state index >= 15 is 0 Å². The number of rotatable bonds is 5. The molecule has 0 saturated carbocycles. The maximum atomic E-state index is 11.9. The highest BCUT2D eigenvalue weighted by atomic mass is 35.5. The van der Waals surface area contributed by atoms with Crippen LogP contribution in [-0.4, -0.2) is 34.3 Å². The Labute approximate surface area is 107 Å². The van der Waals surface area contributed by atoms with Crippen molar-refractivity contribution in [1.29, 1.82) is 0 Å². The summed E-state index contributed by atoms with van der Waals surface area (Å²) in [5, 5.41) is 13.9. The van der Waals surface area contributed by atoms with Crippen LogP contribution in [0.3, 0.4) is 0 Å². The first-order valence-corrected chi connectivity index (χ1v) is 5.65. The van der Waals surface area contributed by atoms with Crippen LogP contribution in [0.4, 0.5) is 13.2 Å². The molecule has 1 aromatic heterocycles. The third-order valence-corrected chi connectivity index (χ3v) is 2.42. The van der Waals surface area contributed by atoms with Gasteiger partial charge in [-0.1, -0.05) is 11.6 Å². The molecule has 0 aliphatic heterocycles. The van der Waals surface area contributed by atoms with Crippen LogP contribution in [0.15, 0.2) is 6.20 Å². The lowest BCUT2D eigenvalue weighted by atomic mass is 10.2. The molecule has 1 unspecified atom stereocenters. The predicted molar refractivity (Wildman–Crippen MR) is 59.5 cm³/mol. The Morgan fingerprint density at radius 2 is 2.11 bits per heavy atom. The van der Waals surface area contributed by atoms with Gasteiger partial charge >= 0.3 is 6.18 Å². The van der Waals surface area contributed by atoms with Crippen molar-refractivity contribution in [3.8, 4) is 0 Å². The molecule has 0 saturated heterocycles. The fourth-order valence-corrected chi connectivity index (χ4v) is 1.70. The fraction of sp³-hybridized carbons (Fsp3) is 0.700. The van der Waals surface area contributed by atoms with E-state index in [1.807, 2.05) is 13.8 Å². The van der Waals surface area contributed by atoms with E-state index < -0.39 is 25.5 Å². The Bertz CT molecular complexity index is 393. The van der Waals surface area contributed by atoms with Crippen molar-refractivity contribution in [1.82, 2.24) is 9.78 Å². The Kier molecular flexibility index (Phi) is 5.01. The van der Waals surface area contributed by atoms with Crippen molar-refractivity contribution in [2.75, 3.05) is 13.2 Å². The minimum Gasteiger partial charge on any atom is -0.384 e. The normalized spacial score (nSPS) is 14.2. The Morgan fingerprint density at radius 3 is 2.61 bits per heavy atom. The maximum absolute atomic E-state index is 11.9. The molecule has 1 N–H and O–H groups in total. The van der Waals surface area contributed by atoms with Crippen molar-refractivity contribution >= 4 is 11.6 Å². The number of halogens is 4. The average Bonchev–Trinajstić information content (AvgIpc) is 2.58. The molecular weight excluding hydrogens is 273 g/mol. The molecule has 1 aromatic rings. The van der Waals surface area contributed by atoms with E-state index in [4.69, 9.17) is 11.6 Å². The molecule has 0 bridgehead atoms. The number of ether oxygens (including phenoxy) is 1. The van der Waals surface area contributed by atoms with Crippen LogP contribution in [0.5, 0.6) is 0 Å². The lowest BCUT2D eigenvalue weighted by molar-refractivity contribution is -0.179. The molecule has 4 nitrogen and oxygen atoms in total. The van der Waals surface area contributed by atoms with Crippen molar-refractivity contribution in [2.24, 2.45) is 0 Å². The van der Waals surface area contributed by atoms with E-state index in [2.05, 4.69) is 9.84 Å². The van der Waals surface area contributed by atoms with Gasteiger partial charge in [0.2, 0.25) is 0 Å². The van der Waals surface area contributed by atoms with E-state index in [0.29, 0.717) is 0 Å². The van der Waals surface area contributed by atoms with Gasteiger partial charge in [-0.05, 0) is 13.8 Å². The summed E-state index contributed by atoms with van der Waals surface area (Å²) >= 11 is 5.83. The van der Waals surface area contributed by atoms with Gasteiger partial charge in [-0.25, -0.2) is 0 Å². The van der Waals surface area contributed by atoms with Gasteiger partial charge in [-0.2, -0.15) is 18.3 Å². The van der Waals surface area contributed by atoms with Crippen LogP contribution in [-0.2, 0) is 4.74 Å². The second-order valence-corrected chi connectivity index (χ2v) is 4.47. The molecule has 104 valence electrons. The summed E-state index contributed by atoms with van der Waals surface area (Å²) < 4.78 is 41.5. The molecule has 0 radical (unpaired) electrons. The van der Waals surface area contributed by atoms with E-state index in [0.717, 1.165) is 0 Å². The van der Waals surface area contributed by atoms with Crippen LogP contribution < -0.4 is 0 Å². The van der Waals surface area contributed by atoms with Crippen molar-refractivity contribution < 1.29 is 23.0 Å². The molecule has 1 rings (SSSR count). The maximum Gasteiger partial charge on any atom is 0.411 e. The first kappa shape index (κ1) is 15.3. The second-order valence-electron chi connectivity index (χ2n) is 4.06. The summed E-state index contributed by atoms with van der Waals surface area (Å²) in [7, 11) is 0. The summed E-state index contributed by atoms with van der Waals surface area (Å²) in [6, 6.07) is -0.0650. The Hall–Kier alpha value is -0.790. The molecule has 18 heavy (non-hydrogen) atoms. The predicted octanol–water partition coefficient (Wildman–Crippen LogP) is 2.73. The first-order valence-electron chi connectivity index (χ1n) is 5.28. The number of alkyl halides is 3. The van der Waals surface area contributed by atoms with Gasteiger partial charge in [0.15, 0.2) is 0 Å². The molecular formula is C10H14ClF3N2O2. The summed E-state index contributed by atoms with van der Waals surface area (Å²) in [5.74, 6) is 0. The van der Waals surface area contributed by atoms with E-state index in [9.17, 15) is 18.3 Å². The number of nitrogens with zero attached hydrogens (tertiary/aromatic N) is 2. The molecule has 0 aliphatic carbocycles. The van der Waals surface area contributed by atoms with Gasteiger partial charge in [0.1, 0.15) is 12.7 Å². The molecule has 0 spiro atoms. The topological polar surface area (TPSA) is 47.3 Å². The zero-order chi connectivity index (χ0) is 13.9. The third kappa shape index (κ3) is 4.15. The molecule has 0 amide bonds. The van der Waals surface area contributed by atoms with Gasteiger partial charge in [-0.15, -0.1) is 0 Å². The standard InChI is InChI=1S/C10H14ClF3N2O2/c1-6(2)16-9(7(11)3-15-16)8(17)4-18-5-10(12,13)14/h3,6,8,17H,4-5H2,1-2H3. The monoisotopic (exact) mass is 286 g/mol. The van der Waals surface area contributed by atoms with Gasteiger partial charge in [0.25, 0.3) is 0 Å². The zero-order valence-corrected chi connectivity index (χ0v) is 10.7. The third-order valence-electron chi connectivity index (χ3n) is 2.13. The molecule has 1 heterocycles. The summed E-state index contributed by atoms with van der Waals surface area (Å²) in [5.41, 5.74) is 0.258. The number of aliphatic hydroxyl groups excluding tert-OH is 1. The van der Waals surface area contributed by atoms with Crippen molar-refractivity contribution in [2.45, 2.75) is 32.2 Å². The van der Waals surface area contributed by atoms with Crippen molar-refractivity contribution in [3.63, 3.8) is 0 Å². The lowest BCUT2D eigenvalue weighted by Crippen LogP contribution is -2.21. The molecule has 8 heteroatoms. The van der Waals surface area contributed by atoms with Crippen LogP contribution >= 0.6 is 11.6 Å². The first-order chi connectivity index (χ1) is 8.22. The van der Waals surface area contributed by atoms with Crippen LogP contribution in [0.25, 0.3) is 0 Å². The minimum absolute atomic E-state index is 0.0650. The number of hydrogen-bond acceptors (Lipinski definition) is 3.